The van der Waals surface area contributed by atoms with Crippen molar-refractivity contribution < 1.29 is 4.79 Å². The van der Waals surface area contributed by atoms with E-state index < -0.39 is 5.91 Å². The molecule has 0 aliphatic heterocycles. The molecule has 7 heteroatoms. The van der Waals surface area contributed by atoms with Crippen LogP contribution in [0.3, 0.4) is 0 Å². The first-order valence-electron chi connectivity index (χ1n) is 8.06. The maximum absolute atomic E-state index is 12.0. The van der Waals surface area contributed by atoms with Crippen molar-refractivity contribution in [3.63, 3.8) is 0 Å². The standard InChI is InChI=1S/C18H18ClN5O/c1-2-3-6-13-16(18(20)25)23-24(15-7-4-5-10-21-15)17(13)14-9-8-12(19)11-22-14/h4-5,7-11H,2-3,6H2,1H3,(H2,20,25). The molecule has 6 nitrogen and oxygen atoms in total. The minimum atomic E-state index is -0.559. The monoisotopic (exact) mass is 355 g/mol. The van der Waals surface area contributed by atoms with Crippen LogP contribution in [0.4, 0.5) is 0 Å². The number of carbonyl (C=O) groups excluding carboxylic acids is 1. The van der Waals surface area contributed by atoms with Crippen LogP contribution in [-0.2, 0) is 6.42 Å². The van der Waals surface area contributed by atoms with Crippen molar-refractivity contribution in [2.24, 2.45) is 5.73 Å². The van der Waals surface area contributed by atoms with Crippen LogP contribution in [0.2, 0.25) is 5.02 Å². The molecule has 0 saturated heterocycles. The molecular formula is C18H18ClN5O. The van der Waals surface area contributed by atoms with Gasteiger partial charge in [-0.25, -0.2) is 9.67 Å². The quantitative estimate of drug-likeness (QED) is 0.733. The molecule has 0 aromatic carbocycles. The van der Waals surface area contributed by atoms with E-state index in [0.717, 1.165) is 24.1 Å². The molecule has 0 aliphatic rings. The molecule has 25 heavy (non-hydrogen) atoms. The second kappa shape index (κ2) is 7.44. The molecule has 3 aromatic heterocycles. The fourth-order valence-corrected chi connectivity index (χ4v) is 2.77. The van der Waals surface area contributed by atoms with E-state index in [-0.39, 0.29) is 5.69 Å². The van der Waals surface area contributed by atoms with Crippen LogP contribution in [0, 0.1) is 0 Å². The molecule has 0 atom stereocenters. The number of halogens is 1. The molecule has 0 saturated carbocycles. The molecule has 3 rings (SSSR count). The Labute approximate surface area is 150 Å². The van der Waals surface area contributed by atoms with Gasteiger partial charge in [-0.2, -0.15) is 5.10 Å². The SMILES string of the molecule is CCCCc1c(C(N)=O)nn(-c2ccccn2)c1-c1ccc(Cl)cn1. The van der Waals surface area contributed by atoms with Gasteiger partial charge < -0.3 is 5.73 Å². The van der Waals surface area contributed by atoms with E-state index >= 15 is 0 Å². The summed E-state index contributed by atoms with van der Waals surface area (Å²) < 4.78 is 1.63. The van der Waals surface area contributed by atoms with Crippen LogP contribution in [0.15, 0.2) is 42.7 Å². The summed E-state index contributed by atoms with van der Waals surface area (Å²) in [6.07, 6.45) is 5.82. The van der Waals surface area contributed by atoms with Crippen LogP contribution in [0.25, 0.3) is 17.2 Å². The minimum absolute atomic E-state index is 0.255. The average Bonchev–Trinajstić information content (AvgIpc) is 3.01. The zero-order chi connectivity index (χ0) is 17.8. The maximum atomic E-state index is 12.0. The van der Waals surface area contributed by atoms with E-state index in [9.17, 15) is 4.79 Å². The van der Waals surface area contributed by atoms with Crippen molar-refractivity contribution in [2.75, 3.05) is 0 Å². The highest BCUT2D eigenvalue weighted by atomic mass is 35.5. The number of amides is 1. The Morgan fingerprint density at radius 3 is 2.68 bits per heavy atom. The van der Waals surface area contributed by atoms with Gasteiger partial charge >= 0.3 is 0 Å². The highest BCUT2D eigenvalue weighted by molar-refractivity contribution is 6.30. The van der Waals surface area contributed by atoms with Gasteiger partial charge in [0, 0.05) is 18.0 Å². The average molecular weight is 356 g/mol. The van der Waals surface area contributed by atoms with E-state index in [1.165, 1.54) is 0 Å². The fourth-order valence-electron chi connectivity index (χ4n) is 2.66. The van der Waals surface area contributed by atoms with E-state index in [0.29, 0.717) is 23.0 Å². The van der Waals surface area contributed by atoms with Crippen molar-refractivity contribution in [1.29, 1.82) is 0 Å². The molecule has 2 N–H and O–H groups in total. The van der Waals surface area contributed by atoms with Gasteiger partial charge in [-0.3, -0.25) is 9.78 Å². The van der Waals surface area contributed by atoms with Gasteiger partial charge in [-0.05, 0) is 37.1 Å². The maximum Gasteiger partial charge on any atom is 0.269 e. The highest BCUT2D eigenvalue weighted by Crippen LogP contribution is 2.29. The van der Waals surface area contributed by atoms with Crippen molar-refractivity contribution in [1.82, 2.24) is 19.7 Å². The van der Waals surface area contributed by atoms with Gasteiger partial charge in [0.05, 0.1) is 16.4 Å². The van der Waals surface area contributed by atoms with E-state index in [2.05, 4.69) is 22.0 Å². The topological polar surface area (TPSA) is 86.7 Å². The zero-order valence-electron chi connectivity index (χ0n) is 13.8. The number of hydrogen-bond donors (Lipinski definition) is 1. The third-order valence-electron chi connectivity index (χ3n) is 3.83. The second-order valence-corrected chi connectivity index (χ2v) is 6.04. The van der Waals surface area contributed by atoms with E-state index in [1.807, 2.05) is 18.2 Å². The Hall–Kier alpha value is -2.73. The molecule has 1 amide bonds. The van der Waals surface area contributed by atoms with Gasteiger partial charge in [0.2, 0.25) is 0 Å². The third-order valence-corrected chi connectivity index (χ3v) is 4.06. The van der Waals surface area contributed by atoms with E-state index in [1.54, 1.807) is 29.2 Å². The first-order valence-corrected chi connectivity index (χ1v) is 8.44. The first kappa shape index (κ1) is 17.1. The van der Waals surface area contributed by atoms with Gasteiger partial charge in [0.15, 0.2) is 11.5 Å². The lowest BCUT2D eigenvalue weighted by atomic mass is 10.0. The summed E-state index contributed by atoms with van der Waals surface area (Å²) in [4.78, 5) is 20.7. The van der Waals surface area contributed by atoms with Crippen LogP contribution in [0.1, 0.15) is 35.8 Å². The van der Waals surface area contributed by atoms with Gasteiger partial charge in [-0.15, -0.1) is 0 Å². The van der Waals surface area contributed by atoms with Crippen LogP contribution in [-0.4, -0.2) is 25.7 Å². The largest absolute Gasteiger partial charge is 0.364 e. The lowest BCUT2D eigenvalue weighted by molar-refractivity contribution is 0.0994. The van der Waals surface area contributed by atoms with Gasteiger partial charge in [-0.1, -0.05) is 31.0 Å². The predicted molar refractivity (Wildman–Crippen MR) is 96.7 cm³/mol. The number of nitrogens with zero attached hydrogens (tertiary/aromatic N) is 4. The Bertz CT molecular complexity index is 874. The Morgan fingerprint density at radius 1 is 1.24 bits per heavy atom. The van der Waals surface area contributed by atoms with Crippen LogP contribution < -0.4 is 5.73 Å². The van der Waals surface area contributed by atoms with Crippen LogP contribution >= 0.6 is 11.6 Å². The van der Waals surface area contributed by atoms with Gasteiger partial charge in [0.1, 0.15) is 0 Å². The highest BCUT2D eigenvalue weighted by Gasteiger charge is 2.24. The van der Waals surface area contributed by atoms with Crippen LogP contribution in [0.5, 0.6) is 0 Å². The molecule has 0 radical (unpaired) electrons. The number of hydrogen-bond acceptors (Lipinski definition) is 4. The third kappa shape index (κ3) is 3.53. The number of pyridine rings is 2. The fraction of sp³-hybridized carbons (Fsp3) is 0.222. The molecule has 3 heterocycles. The number of rotatable bonds is 6. The smallest absolute Gasteiger partial charge is 0.269 e. The Kier molecular flexibility index (Phi) is 5.09. The Balaban J connectivity index is 2.26. The van der Waals surface area contributed by atoms with Crippen molar-refractivity contribution in [3.05, 3.63) is 59.0 Å². The molecule has 0 unspecified atom stereocenters. The lowest BCUT2D eigenvalue weighted by Crippen LogP contribution is -2.14. The minimum Gasteiger partial charge on any atom is -0.364 e. The summed E-state index contributed by atoms with van der Waals surface area (Å²) in [6, 6.07) is 9.06. The summed E-state index contributed by atoms with van der Waals surface area (Å²) in [5.41, 5.74) is 8.00. The molecule has 128 valence electrons. The summed E-state index contributed by atoms with van der Waals surface area (Å²) in [5.74, 6) is 0.0375. The molecule has 3 aromatic rings. The summed E-state index contributed by atoms with van der Waals surface area (Å²) in [5, 5.41) is 4.98. The normalized spacial score (nSPS) is 10.8. The Morgan fingerprint density at radius 2 is 2.08 bits per heavy atom. The van der Waals surface area contributed by atoms with Crippen molar-refractivity contribution >= 4 is 17.5 Å². The summed E-state index contributed by atoms with van der Waals surface area (Å²) in [7, 11) is 0. The number of carbonyl (C=O) groups is 1. The number of nitrogens with two attached hydrogens (primary N) is 1. The molecule has 0 bridgehead atoms. The number of unbranched alkanes of at least 4 members (excludes halogenated alkanes) is 1. The summed E-state index contributed by atoms with van der Waals surface area (Å²) in [6.45, 7) is 2.09. The lowest BCUT2D eigenvalue weighted by Gasteiger charge is -2.08. The predicted octanol–water partition coefficient (Wildman–Crippen LogP) is 3.42. The number of primary amides is 1. The molecular weight excluding hydrogens is 338 g/mol. The summed E-state index contributed by atoms with van der Waals surface area (Å²) >= 11 is 5.96. The number of aromatic nitrogens is 4. The molecule has 0 fully saturated rings. The second-order valence-electron chi connectivity index (χ2n) is 5.60. The molecule has 0 aliphatic carbocycles. The zero-order valence-corrected chi connectivity index (χ0v) is 14.6. The van der Waals surface area contributed by atoms with Crippen molar-refractivity contribution in [3.8, 4) is 17.2 Å². The van der Waals surface area contributed by atoms with Crippen molar-refractivity contribution in [2.45, 2.75) is 26.2 Å². The first-order chi connectivity index (χ1) is 12.1. The van der Waals surface area contributed by atoms with E-state index in [4.69, 9.17) is 17.3 Å². The van der Waals surface area contributed by atoms with Gasteiger partial charge in [0.25, 0.3) is 5.91 Å². The molecule has 0 spiro atoms.